The average Bonchev–Trinajstić information content (AvgIpc) is 3.20. The first-order chi connectivity index (χ1) is 16.6. The van der Waals surface area contributed by atoms with Gasteiger partial charge in [0.1, 0.15) is 17.0 Å². The highest BCUT2D eigenvalue weighted by Gasteiger charge is 2.21. The van der Waals surface area contributed by atoms with Gasteiger partial charge in [0, 0.05) is 30.4 Å². The molecule has 0 aliphatic carbocycles. The number of nitrogens with one attached hydrogen (secondary N) is 2. The van der Waals surface area contributed by atoms with Crippen LogP contribution in [0.4, 0.5) is 5.69 Å². The third kappa shape index (κ3) is 3.47. The molecular weight excluding hydrogens is 434 g/mol. The first-order valence-corrected chi connectivity index (χ1v) is 11.9. The van der Waals surface area contributed by atoms with Crippen LogP contribution in [0.25, 0.3) is 33.2 Å². The summed E-state index contributed by atoms with van der Waals surface area (Å²) in [5.74, 6) is 0.653. The molecule has 1 saturated heterocycles. The summed E-state index contributed by atoms with van der Waals surface area (Å²) in [6.07, 6.45) is 2.62. The Labute approximate surface area is 195 Å². The van der Waals surface area contributed by atoms with E-state index in [4.69, 9.17) is 14.5 Å². The van der Waals surface area contributed by atoms with Crippen molar-refractivity contribution >= 4 is 27.6 Å². The van der Waals surface area contributed by atoms with Crippen LogP contribution in [0.3, 0.4) is 0 Å². The van der Waals surface area contributed by atoms with Gasteiger partial charge < -0.3 is 19.4 Å². The summed E-state index contributed by atoms with van der Waals surface area (Å²) < 4.78 is 13.4. The fourth-order valence-electron chi connectivity index (χ4n) is 4.96. The predicted molar refractivity (Wildman–Crippen MR) is 131 cm³/mol. The van der Waals surface area contributed by atoms with E-state index in [-0.39, 0.29) is 22.9 Å². The number of para-hydroxylation sites is 1. The van der Waals surface area contributed by atoms with Crippen LogP contribution in [0, 0.1) is 0 Å². The lowest BCUT2D eigenvalue weighted by Gasteiger charge is -2.29. The van der Waals surface area contributed by atoms with Crippen molar-refractivity contribution in [3.8, 4) is 17.0 Å². The van der Waals surface area contributed by atoms with E-state index in [0.717, 1.165) is 38.0 Å². The number of morpholine rings is 1. The molecule has 4 heterocycles. The minimum absolute atomic E-state index is 0.00428. The zero-order valence-electron chi connectivity index (χ0n) is 19.1. The molecule has 0 saturated carbocycles. The van der Waals surface area contributed by atoms with Crippen LogP contribution >= 0.6 is 0 Å². The molecule has 1 atom stereocenters. The number of hydrogen-bond acceptors (Lipinski definition) is 6. The van der Waals surface area contributed by atoms with Crippen molar-refractivity contribution in [1.29, 1.82) is 0 Å². The summed E-state index contributed by atoms with van der Waals surface area (Å²) >= 11 is 0. The highest BCUT2D eigenvalue weighted by molar-refractivity contribution is 5.94. The van der Waals surface area contributed by atoms with Crippen molar-refractivity contribution in [2.75, 3.05) is 37.8 Å². The fourth-order valence-corrected chi connectivity index (χ4v) is 4.96. The number of nitrogens with zero attached hydrogens (tertiary/aromatic N) is 3. The summed E-state index contributed by atoms with van der Waals surface area (Å²) in [6.45, 7) is 5.47. The van der Waals surface area contributed by atoms with Gasteiger partial charge in [0.15, 0.2) is 0 Å². The molecule has 2 aromatic carbocycles. The highest BCUT2D eigenvalue weighted by Crippen LogP contribution is 2.32. The Bertz CT molecular complexity index is 1500. The van der Waals surface area contributed by atoms with E-state index in [2.05, 4.69) is 15.0 Å². The van der Waals surface area contributed by atoms with E-state index >= 15 is 0 Å². The van der Waals surface area contributed by atoms with Gasteiger partial charge in [-0.2, -0.15) is 0 Å². The van der Waals surface area contributed by atoms with Crippen molar-refractivity contribution < 1.29 is 9.47 Å². The second kappa shape index (κ2) is 8.32. The molecule has 4 aromatic rings. The lowest BCUT2D eigenvalue weighted by Crippen LogP contribution is -2.36. The standard InChI is InChI=1S/C25H27N5O4/c1-15-5-2-3-10-34-20-14-16(29-8-11-33-12-9-29)13-19-23(20)27-22(24(31)26-19)17-6-4-7-18-21(17)28-30(15)25(18)32/h4,6-7,13-15,28H,2-3,5,8-12H2,1H3,(H,26,31). The molecule has 2 aliphatic rings. The topological polar surface area (TPSA) is 105 Å². The Morgan fingerprint density at radius 3 is 2.79 bits per heavy atom. The Kier molecular flexibility index (Phi) is 5.13. The van der Waals surface area contributed by atoms with Crippen molar-refractivity contribution in [3.05, 3.63) is 51.0 Å². The molecule has 1 fully saturated rings. The van der Waals surface area contributed by atoms with Crippen LogP contribution in [-0.4, -0.2) is 52.7 Å². The van der Waals surface area contributed by atoms with Gasteiger partial charge in [0.25, 0.3) is 11.1 Å². The van der Waals surface area contributed by atoms with Crippen LogP contribution in [0.1, 0.15) is 32.2 Å². The van der Waals surface area contributed by atoms with E-state index in [9.17, 15) is 9.59 Å². The molecule has 34 heavy (non-hydrogen) atoms. The van der Waals surface area contributed by atoms with Gasteiger partial charge in [0.2, 0.25) is 0 Å². The summed E-state index contributed by atoms with van der Waals surface area (Å²) in [7, 11) is 0. The lowest BCUT2D eigenvalue weighted by molar-refractivity contribution is 0.122. The van der Waals surface area contributed by atoms with E-state index in [1.54, 1.807) is 16.8 Å². The number of H-pyrrole nitrogens is 2. The molecule has 0 radical (unpaired) electrons. The Hall–Kier alpha value is -3.59. The Morgan fingerprint density at radius 1 is 1.09 bits per heavy atom. The van der Waals surface area contributed by atoms with Crippen molar-refractivity contribution in [1.82, 2.24) is 19.7 Å². The largest absolute Gasteiger partial charge is 0.491 e. The molecule has 9 nitrogen and oxygen atoms in total. The summed E-state index contributed by atoms with van der Waals surface area (Å²) in [5.41, 5.74) is 3.32. The molecule has 2 aliphatic heterocycles. The predicted octanol–water partition coefficient (Wildman–Crippen LogP) is 3.19. The van der Waals surface area contributed by atoms with Gasteiger partial charge in [-0.1, -0.05) is 12.1 Å². The first kappa shape index (κ1) is 21.0. The monoisotopic (exact) mass is 461 g/mol. The van der Waals surface area contributed by atoms with E-state index < -0.39 is 0 Å². The third-order valence-corrected chi connectivity index (χ3v) is 6.84. The number of aromatic nitrogens is 4. The number of fused-ring (bicyclic) bond motifs is 3. The van der Waals surface area contributed by atoms with E-state index in [1.807, 2.05) is 25.1 Å². The maximum atomic E-state index is 13.2. The number of anilines is 1. The average molecular weight is 462 g/mol. The van der Waals surface area contributed by atoms with Gasteiger partial charge >= 0.3 is 0 Å². The molecule has 0 amide bonds. The van der Waals surface area contributed by atoms with Crippen LogP contribution in [-0.2, 0) is 4.74 Å². The Balaban J connectivity index is 1.59. The number of hydrogen-bond donors (Lipinski definition) is 2. The van der Waals surface area contributed by atoms with Crippen LogP contribution in [0.5, 0.6) is 5.75 Å². The first-order valence-electron chi connectivity index (χ1n) is 11.9. The summed E-state index contributed by atoms with van der Waals surface area (Å²) in [4.78, 5) is 36.4. The van der Waals surface area contributed by atoms with Gasteiger partial charge in [-0.15, -0.1) is 0 Å². The number of aromatic amines is 2. The minimum atomic E-state index is -0.307. The summed E-state index contributed by atoms with van der Waals surface area (Å²) in [5, 5.41) is 3.82. The van der Waals surface area contributed by atoms with Gasteiger partial charge in [-0.3, -0.25) is 14.7 Å². The smallest absolute Gasteiger partial charge is 0.275 e. The molecule has 176 valence electrons. The molecule has 0 spiro atoms. The lowest BCUT2D eigenvalue weighted by atomic mass is 10.1. The zero-order valence-corrected chi connectivity index (χ0v) is 19.1. The van der Waals surface area contributed by atoms with Crippen LogP contribution in [0.2, 0.25) is 0 Å². The quantitative estimate of drug-likeness (QED) is 0.451. The van der Waals surface area contributed by atoms with Crippen LogP contribution < -0.4 is 20.8 Å². The van der Waals surface area contributed by atoms with Crippen molar-refractivity contribution in [2.24, 2.45) is 0 Å². The maximum Gasteiger partial charge on any atom is 0.275 e. The van der Waals surface area contributed by atoms with E-state index in [0.29, 0.717) is 53.1 Å². The van der Waals surface area contributed by atoms with E-state index in [1.165, 1.54) is 0 Å². The second-order valence-corrected chi connectivity index (χ2v) is 9.06. The molecule has 2 N–H and O–H groups in total. The SMILES string of the molecule is CC1CCCCOc2cc(N3CCOCC3)cc3[nH]c(=O)c(nc23)-c2cccc3c(=O)n1[nH]c23. The van der Waals surface area contributed by atoms with Gasteiger partial charge in [0.05, 0.1) is 42.3 Å². The summed E-state index contributed by atoms with van der Waals surface area (Å²) in [6, 6.07) is 9.38. The molecule has 9 heteroatoms. The highest BCUT2D eigenvalue weighted by atomic mass is 16.5. The fraction of sp³-hybridized carbons (Fsp3) is 0.400. The third-order valence-electron chi connectivity index (χ3n) is 6.84. The number of ether oxygens (including phenoxy) is 2. The molecule has 4 bridgehead atoms. The second-order valence-electron chi connectivity index (χ2n) is 9.06. The molecular formula is C25H27N5O4. The molecule has 1 unspecified atom stereocenters. The van der Waals surface area contributed by atoms with Crippen molar-refractivity contribution in [3.63, 3.8) is 0 Å². The number of benzene rings is 2. The Morgan fingerprint density at radius 2 is 1.94 bits per heavy atom. The van der Waals surface area contributed by atoms with Gasteiger partial charge in [-0.25, -0.2) is 9.67 Å². The molecule has 2 aromatic heterocycles. The zero-order chi connectivity index (χ0) is 23.2. The minimum Gasteiger partial charge on any atom is -0.491 e. The number of rotatable bonds is 1. The van der Waals surface area contributed by atoms with Crippen molar-refractivity contribution in [2.45, 2.75) is 32.2 Å². The van der Waals surface area contributed by atoms with Gasteiger partial charge in [-0.05, 0) is 38.3 Å². The van der Waals surface area contributed by atoms with Crippen LogP contribution in [0.15, 0.2) is 39.9 Å². The molecule has 6 rings (SSSR count). The maximum absolute atomic E-state index is 13.2. The normalized spacial score (nSPS) is 19.0.